The van der Waals surface area contributed by atoms with Crippen LogP contribution in [0.1, 0.15) is 24.9 Å². The van der Waals surface area contributed by atoms with Crippen molar-refractivity contribution in [2.24, 2.45) is 5.73 Å². The van der Waals surface area contributed by atoms with Gasteiger partial charge in [0.05, 0.1) is 0 Å². The van der Waals surface area contributed by atoms with E-state index < -0.39 is 0 Å². The predicted octanol–water partition coefficient (Wildman–Crippen LogP) is 2.21. The highest BCUT2D eigenvalue weighted by molar-refractivity contribution is 6.30. The van der Waals surface area contributed by atoms with E-state index in [0.29, 0.717) is 5.15 Å². The van der Waals surface area contributed by atoms with Crippen molar-refractivity contribution >= 4 is 17.4 Å². The molecular formula is C10H16ClN3. The lowest BCUT2D eigenvalue weighted by molar-refractivity contribution is 0.695. The van der Waals surface area contributed by atoms with Crippen LogP contribution >= 0.6 is 11.6 Å². The maximum absolute atomic E-state index is 6.03. The van der Waals surface area contributed by atoms with E-state index in [1.54, 1.807) is 0 Å². The summed E-state index contributed by atoms with van der Waals surface area (Å²) in [6.07, 6.45) is 0.864. The van der Waals surface area contributed by atoms with E-state index in [9.17, 15) is 0 Å². The molecule has 78 valence electrons. The van der Waals surface area contributed by atoms with Crippen LogP contribution in [0.2, 0.25) is 5.15 Å². The zero-order chi connectivity index (χ0) is 10.7. The molecule has 1 heterocycles. The zero-order valence-electron chi connectivity index (χ0n) is 8.79. The van der Waals surface area contributed by atoms with Gasteiger partial charge in [0.1, 0.15) is 11.0 Å². The molecule has 1 aromatic rings. The first kappa shape index (κ1) is 11.3. The van der Waals surface area contributed by atoms with Crippen LogP contribution in [0.4, 0.5) is 5.82 Å². The summed E-state index contributed by atoms with van der Waals surface area (Å²) in [7, 11) is 3.86. The number of pyridine rings is 1. The van der Waals surface area contributed by atoms with Crippen LogP contribution in [0.25, 0.3) is 0 Å². The van der Waals surface area contributed by atoms with Crippen molar-refractivity contribution in [2.75, 3.05) is 19.0 Å². The first-order valence-corrected chi connectivity index (χ1v) is 5.03. The van der Waals surface area contributed by atoms with E-state index >= 15 is 0 Å². The van der Waals surface area contributed by atoms with Crippen LogP contribution in [-0.4, -0.2) is 19.1 Å². The Bertz CT molecular complexity index is 312. The lowest BCUT2D eigenvalue weighted by Crippen LogP contribution is -2.13. The molecule has 1 unspecified atom stereocenters. The van der Waals surface area contributed by atoms with Gasteiger partial charge in [-0.15, -0.1) is 0 Å². The summed E-state index contributed by atoms with van der Waals surface area (Å²) in [5.74, 6) is 0.849. The van der Waals surface area contributed by atoms with Crippen molar-refractivity contribution in [2.45, 2.75) is 19.4 Å². The Kier molecular flexibility index (Phi) is 3.72. The van der Waals surface area contributed by atoms with Gasteiger partial charge < -0.3 is 10.6 Å². The van der Waals surface area contributed by atoms with Crippen LogP contribution in [0.5, 0.6) is 0 Å². The molecule has 1 aromatic heterocycles. The fraction of sp³-hybridized carbons (Fsp3) is 0.500. The molecule has 0 aliphatic carbocycles. The van der Waals surface area contributed by atoms with Gasteiger partial charge in [-0.1, -0.05) is 24.6 Å². The van der Waals surface area contributed by atoms with E-state index in [4.69, 9.17) is 17.3 Å². The number of nitrogens with two attached hydrogens (primary N) is 1. The number of hydrogen-bond donors (Lipinski definition) is 1. The Morgan fingerprint density at radius 2 is 2.14 bits per heavy atom. The Balaban J connectivity index is 3.01. The third kappa shape index (κ3) is 2.36. The van der Waals surface area contributed by atoms with Gasteiger partial charge in [-0.25, -0.2) is 4.98 Å². The molecular weight excluding hydrogens is 198 g/mol. The smallest absolute Gasteiger partial charge is 0.136 e. The summed E-state index contributed by atoms with van der Waals surface area (Å²) in [6.45, 7) is 2.03. The second kappa shape index (κ2) is 4.62. The van der Waals surface area contributed by atoms with Crippen molar-refractivity contribution in [3.05, 3.63) is 22.8 Å². The Labute approximate surface area is 89.9 Å². The standard InChI is InChI=1S/C10H16ClN3/c1-4-8(12)7-5-6-9(14(2)3)13-10(7)11/h5-6,8H,4,12H2,1-3H3. The molecule has 0 amide bonds. The quantitative estimate of drug-likeness (QED) is 0.783. The molecule has 2 N–H and O–H groups in total. The summed E-state index contributed by atoms with van der Waals surface area (Å²) in [4.78, 5) is 6.16. The van der Waals surface area contributed by atoms with Gasteiger partial charge in [-0.05, 0) is 12.5 Å². The molecule has 0 bridgehead atoms. The Morgan fingerprint density at radius 1 is 1.50 bits per heavy atom. The average Bonchev–Trinajstić information content (AvgIpc) is 2.16. The number of anilines is 1. The number of nitrogens with zero attached hydrogens (tertiary/aromatic N) is 2. The zero-order valence-corrected chi connectivity index (χ0v) is 9.54. The van der Waals surface area contributed by atoms with Gasteiger partial charge in [0.25, 0.3) is 0 Å². The van der Waals surface area contributed by atoms with E-state index in [0.717, 1.165) is 17.8 Å². The topological polar surface area (TPSA) is 42.1 Å². The molecule has 0 fully saturated rings. The summed E-state index contributed by atoms with van der Waals surface area (Å²) in [5, 5.41) is 0.505. The maximum Gasteiger partial charge on any atom is 0.136 e. The van der Waals surface area contributed by atoms with E-state index in [1.807, 2.05) is 38.1 Å². The first-order valence-electron chi connectivity index (χ1n) is 4.65. The number of hydrogen-bond acceptors (Lipinski definition) is 3. The highest BCUT2D eigenvalue weighted by Crippen LogP contribution is 2.24. The van der Waals surface area contributed by atoms with Crippen LogP contribution in [0.3, 0.4) is 0 Å². The fourth-order valence-electron chi connectivity index (χ4n) is 1.18. The molecule has 14 heavy (non-hydrogen) atoms. The molecule has 0 saturated carbocycles. The second-order valence-corrected chi connectivity index (χ2v) is 3.82. The van der Waals surface area contributed by atoms with Crippen LogP contribution in [0, 0.1) is 0 Å². The maximum atomic E-state index is 6.03. The molecule has 0 aromatic carbocycles. The van der Waals surface area contributed by atoms with E-state index in [2.05, 4.69) is 4.98 Å². The molecule has 1 atom stereocenters. The third-order valence-electron chi connectivity index (χ3n) is 2.16. The Morgan fingerprint density at radius 3 is 2.57 bits per heavy atom. The van der Waals surface area contributed by atoms with Crippen molar-refractivity contribution in [3.8, 4) is 0 Å². The highest BCUT2D eigenvalue weighted by Gasteiger charge is 2.10. The molecule has 0 saturated heterocycles. The molecule has 0 aliphatic heterocycles. The monoisotopic (exact) mass is 213 g/mol. The fourth-order valence-corrected chi connectivity index (χ4v) is 1.47. The van der Waals surface area contributed by atoms with Crippen LogP contribution in [-0.2, 0) is 0 Å². The molecule has 1 rings (SSSR count). The summed E-state index contributed by atoms with van der Waals surface area (Å²) >= 11 is 6.03. The molecule has 0 aliphatic rings. The Hall–Kier alpha value is -0.800. The van der Waals surface area contributed by atoms with E-state index in [1.165, 1.54) is 0 Å². The number of aromatic nitrogens is 1. The van der Waals surface area contributed by atoms with Gasteiger partial charge in [0.2, 0.25) is 0 Å². The minimum Gasteiger partial charge on any atom is -0.363 e. The van der Waals surface area contributed by atoms with Crippen molar-refractivity contribution in [1.29, 1.82) is 0 Å². The molecule has 4 heteroatoms. The molecule has 3 nitrogen and oxygen atoms in total. The minimum absolute atomic E-state index is 0.0220. The third-order valence-corrected chi connectivity index (χ3v) is 2.46. The van der Waals surface area contributed by atoms with Gasteiger partial charge >= 0.3 is 0 Å². The number of rotatable bonds is 3. The SMILES string of the molecule is CCC(N)c1ccc(N(C)C)nc1Cl. The lowest BCUT2D eigenvalue weighted by Gasteiger charge is -2.15. The molecule has 0 spiro atoms. The second-order valence-electron chi connectivity index (χ2n) is 3.46. The summed E-state index contributed by atoms with van der Waals surface area (Å²) in [6, 6.07) is 3.85. The van der Waals surface area contributed by atoms with Gasteiger partial charge in [0.15, 0.2) is 0 Å². The van der Waals surface area contributed by atoms with Crippen LogP contribution < -0.4 is 10.6 Å². The number of halogens is 1. The highest BCUT2D eigenvalue weighted by atomic mass is 35.5. The average molecular weight is 214 g/mol. The van der Waals surface area contributed by atoms with E-state index in [-0.39, 0.29) is 6.04 Å². The first-order chi connectivity index (χ1) is 6.56. The van der Waals surface area contributed by atoms with Gasteiger partial charge in [0, 0.05) is 25.7 Å². The summed E-state index contributed by atoms with van der Waals surface area (Å²) in [5.41, 5.74) is 6.80. The summed E-state index contributed by atoms with van der Waals surface area (Å²) < 4.78 is 0. The predicted molar refractivity (Wildman–Crippen MR) is 60.8 cm³/mol. The van der Waals surface area contributed by atoms with Crippen molar-refractivity contribution in [3.63, 3.8) is 0 Å². The van der Waals surface area contributed by atoms with Crippen molar-refractivity contribution in [1.82, 2.24) is 4.98 Å². The van der Waals surface area contributed by atoms with Crippen LogP contribution in [0.15, 0.2) is 12.1 Å². The normalized spacial score (nSPS) is 12.6. The van der Waals surface area contributed by atoms with Gasteiger partial charge in [-0.2, -0.15) is 0 Å². The van der Waals surface area contributed by atoms with Gasteiger partial charge in [-0.3, -0.25) is 0 Å². The lowest BCUT2D eigenvalue weighted by atomic mass is 10.1. The largest absolute Gasteiger partial charge is 0.363 e. The molecule has 0 radical (unpaired) electrons. The van der Waals surface area contributed by atoms with Crippen molar-refractivity contribution < 1.29 is 0 Å². The minimum atomic E-state index is -0.0220.